The standard InChI is InChI=1S/C23H26N4O2/c1-3-22(28)25-19-9-10-20(13-19)27(2)23(29)16-6-4-15(5-7-16)17-8-11-21-18(12-17)14-24-26-21/h4-8,11-12,14,19-20H,3,9-10,13H2,1-2H3,(H,24,26)(H,25,28)/t19-,20+/m0/s1. The van der Waals surface area contributed by atoms with Crippen LogP contribution in [0.3, 0.4) is 0 Å². The van der Waals surface area contributed by atoms with Crippen molar-refractivity contribution in [3.8, 4) is 11.1 Å². The van der Waals surface area contributed by atoms with E-state index in [1.807, 2.05) is 61.5 Å². The lowest BCUT2D eigenvalue weighted by Gasteiger charge is -2.25. The highest BCUT2D eigenvalue weighted by Gasteiger charge is 2.30. The molecule has 150 valence electrons. The fourth-order valence-electron chi connectivity index (χ4n) is 4.07. The number of rotatable bonds is 5. The molecule has 6 heteroatoms. The van der Waals surface area contributed by atoms with E-state index in [1.54, 1.807) is 0 Å². The Kier molecular flexibility index (Phi) is 5.34. The van der Waals surface area contributed by atoms with Gasteiger partial charge < -0.3 is 10.2 Å². The van der Waals surface area contributed by atoms with Crippen molar-refractivity contribution in [3.05, 3.63) is 54.2 Å². The van der Waals surface area contributed by atoms with Crippen LogP contribution in [0.2, 0.25) is 0 Å². The van der Waals surface area contributed by atoms with Crippen LogP contribution >= 0.6 is 0 Å². The second-order valence-corrected chi connectivity index (χ2v) is 7.75. The summed E-state index contributed by atoms with van der Waals surface area (Å²) < 4.78 is 0. The molecule has 1 fully saturated rings. The molecular formula is C23H26N4O2. The molecule has 0 unspecified atom stereocenters. The van der Waals surface area contributed by atoms with Crippen molar-refractivity contribution in [1.82, 2.24) is 20.4 Å². The zero-order valence-corrected chi connectivity index (χ0v) is 16.8. The molecule has 6 nitrogen and oxygen atoms in total. The second kappa shape index (κ2) is 8.07. The number of hydrogen-bond acceptors (Lipinski definition) is 3. The predicted octanol–water partition coefficient (Wildman–Crippen LogP) is 3.75. The van der Waals surface area contributed by atoms with Gasteiger partial charge in [-0.05, 0) is 54.7 Å². The molecule has 1 aliphatic rings. The first-order valence-corrected chi connectivity index (χ1v) is 10.1. The molecule has 2 atom stereocenters. The minimum atomic E-state index is 0.0225. The first-order valence-electron chi connectivity index (χ1n) is 10.1. The molecule has 3 aromatic rings. The van der Waals surface area contributed by atoms with Crippen LogP contribution in [0.1, 0.15) is 43.0 Å². The van der Waals surface area contributed by atoms with Crippen molar-refractivity contribution in [2.75, 3.05) is 7.05 Å². The summed E-state index contributed by atoms with van der Waals surface area (Å²) in [5, 5.41) is 11.1. The average molecular weight is 390 g/mol. The number of aromatic nitrogens is 2. The Morgan fingerprint density at radius 2 is 1.90 bits per heavy atom. The summed E-state index contributed by atoms with van der Waals surface area (Å²) in [6, 6.07) is 14.2. The molecule has 1 saturated carbocycles. The monoisotopic (exact) mass is 390 g/mol. The molecule has 4 rings (SSSR count). The van der Waals surface area contributed by atoms with E-state index in [0.29, 0.717) is 12.0 Å². The summed E-state index contributed by atoms with van der Waals surface area (Å²) in [7, 11) is 1.86. The van der Waals surface area contributed by atoms with Crippen molar-refractivity contribution < 1.29 is 9.59 Å². The van der Waals surface area contributed by atoms with Crippen LogP contribution in [0.4, 0.5) is 0 Å². The van der Waals surface area contributed by atoms with Gasteiger partial charge in [0.15, 0.2) is 0 Å². The number of amides is 2. The van der Waals surface area contributed by atoms with Crippen LogP contribution in [-0.2, 0) is 4.79 Å². The van der Waals surface area contributed by atoms with E-state index < -0.39 is 0 Å². The Hall–Kier alpha value is -3.15. The Morgan fingerprint density at radius 1 is 1.14 bits per heavy atom. The average Bonchev–Trinajstić information content (AvgIpc) is 3.41. The van der Waals surface area contributed by atoms with E-state index in [4.69, 9.17) is 0 Å². The maximum absolute atomic E-state index is 12.9. The number of benzene rings is 2. The van der Waals surface area contributed by atoms with Crippen molar-refractivity contribution in [2.24, 2.45) is 0 Å². The van der Waals surface area contributed by atoms with Crippen molar-refractivity contribution in [2.45, 2.75) is 44.7 Å². The largest absolute Gasteiger partial charge is 0.353 e. The number of fused-ring (bicyclic) bond motifs is 1. The molecule has 1 heterocycles. The minimum absolute atomic E-state index is 0.0225. The van der Waals surface area contributed by atoms with Gasteiger partial charge in [0.1, 0.15) is 0 Å². The highest BCUT2D eigenvalue weighted by Crippen LogP contribution is 2.27. The van der Waals surface area contributed by atoms with Crippen LogP contribution in [0, 0.1) is 0 Å². The topological polar surface area (TPSA) is 78.1 Å². The highest BCUT2D eigenvalue weighted by molar-refractivity contribution is 5.95. The molecule has 2 N–H and O–H groups in total. The van der Waals surface area contributed by atoms with Crippen LogP contribution in [0.25, 0.3) is 22.0 Å². The summed E-state index contributed by atoms with van der Waals surface area (Å²) in [5.74, 6) is 0.100. The number of nitrogens with one attached hydrogen (secondary N) is 2. The van der Waals surface area contributed by atoms with Gasteiger partial charge >= 0.3 is 0 Å². The van der Waals surface area contributed by atoms with Crippen molar-refractivity contribution in [3.63, 3.8) is 0 Å². The van der Waals surface area contributed by atoms with E-state index in [2.05, 4.69) is 21.6 Å². The van der Waals surface area contributed by atoms with E-state index >= 15 is 0 Å². The third kappa shape index (κ3) is 4.01. The smallest absolute Gasteiger partial charge is 0.253 e. The van der Waals surface area contributed by atoms with E-state index in [1.165, 1.54) is 0 Å². The zero-order chi connectivity index (χ0) is 20.4. The number of H-pyrrole nitrogens is 1. The van der Waals surface area contributed by atoms with Crippen LogP contribution in [-0.4, -0.2) is 46.0 Å². The van der Waals surface area contributed by atoms with E-state index in [-0.39, 0.29) is 23.9 Å². The highest BCUT2D eigenvalue weighted by atomic mass is 16.2. The summed E-state index contributed by atoms with van der Waals surface area (Å²) in [6.07, 6.45) is 4.96. The van der Waals surface area contributed by atoms with Gasteiger partial charge in [-0.15, -0.1) is 0 Å². The lowest BCUT2D eigenvalue weighted by atomic mass is 10.0. The van der Waals surface area contributed by atoms with Gasteiger partial charge in [0, 0.05) is 36.5 Å². The summed E-state index contributed by atoms with van der Waals surface area (Å²) in [6.45, 7) is 1.86. The van der Waals surface area contributed by atoms with Gasteiger partial charge in [-0.1, -0.05) is 25.1 Å². The third-order valence-corrected chi connectivity index (χ3v) is 5.86. The van der Waals surface area contributed by atoms with Gasteiger partial charge in [0.05, 0.1) is 11.7 Å². The van der Waals surface area contributed by atoms with Gasteiger partial charge in [0.2, 0.25) is 5.91 Å². The molecule has 29 heavy (non-hydrogen) atoms. The first kappa shape index (κ1) is 19.2. The van der Waals surface area contributed by atoms with Gasteiger partial charge in [0.25, 0.3) is 5.91 Å². The number of aromatic amines is 1. The maximum Gasteiger partial charge on any atom is 0.253 e. The lowest BCUT2D eigenvalue weighted by molar-refractivity contribution is -0.121. The van der Waals surface area contributed by atoms with Crippen LogP contribution in [0.5, 0.6) is 0 Å². The number of carbonyl (C=O) groups excluding carboxylic acids is 2. The molecular weight excluding hydrogens is 364 g/mol. The van der Waals surface area contributed by atoms with E-state index in [0.717, 1.165) is 41.3 Å². The first-order chi connectivity index (χ1) is 14.0. The SMILES string of the molecule is CCC(=O)N[C@H]1CC[C@@H](N(C)C(=O)c2ccc(-c3ccc4[nH]ncc4c3)cc2)C1. The maximum atomic E-state index is 12.9. The van der Waals surface area contributed by atoms with Crippen LogP contribution in [0.15, 0.2) is 48.7 Å². The van der Waals surface area contributed by atoms with Gasteiger partial charge in [-0.25, -0.2) is 0 Å². The van der Waals surface area contributed by atoms with Gasteiger partial charge in [-0.3, -0.25) is 14.7 Å². The fourth-order valence-corrected chi connectivity index (χ4v) is 4.07. The van der Waals surface area contributed by atoms with Crippen molar-refractivity contribution >= 4 is 22.7 Å². The molecule has 2 amide bonds. The molecule has 2 aromatic carbocycles. The number of carbonyl (C=O) groups is 2. The lowest BCUT2D eigenvalue weighted by Crippen LogP contribution is -2.38. The molecule has 0 radical (unpaired) electrons. The summed E-state index contributed by atoms with van der Waals surface area (Å²) >= 11 is 0. The summed E-state index contributed by atoms with van der Waals surface area (Å²) in [5.41, 5.74) is 3.85. The number of hydrogen-bond donors (Lipinski definition) is 2. The molecule has 1 aromatic heterocycles. The Bertz CT molecular complexity index is 1020. The summed E-state index contributed by atoms with van der Waals surface area (Å²) in [4.78, 5) is 26.4. The molecule has 0 spiro atoms. The van der Waals surface area contributed by atoms with E-state index in [9.17, 15) is 9.59 Å². The Morgan fingerprint density at radius 3 is 2.66 bits per heavy atom. The Labute approximate surface area is 170 Å². The molecule has 1 aliphatic carbocycles. The minimum Gasteiger partial charge on any atom is -0.353 e. The fraction of sp³-hybridized carbons (Fsp3) is 0.348. The molecule has 0 bridgehead atoms. The van der Waals surface area contributed by atoms with Crippen molar-refractivity contribution in [1.29, 1.82) is 0 Å². The van der Waals surface area contributed by atoms with Crippen LogP contribution < -0.4 is 5.32 Å². The third-order valence-electron chi connectivity index (χ3n) is 5.86. The molecule has 0 aliphatic heterocycles. The normalized spacial score (nSPS) is 18.7. The Balaban J connectivity index is 1.43. The zero-order valence-electron chi connectivity index (χ0n) is 16.8. The molecule has 0 saturated heterocycles. The second-order valence-electron chi connectivity index (χ2n) is 7.75. The van der Waals surface area contributed by atoms with Gasteiger partial charge in [-0.2, -0.15) is 5.10 Å². The number of nitrogens with zero attached hydrogens (tertiary/aromatic N) is 2. The predicted molar refractivity (Wildman–Crippen MR) is 113 cm³/mol. The quantitative estimate of drug-likeness (QED) is 0.696.